The van der Waals surface area contributed by atoms with Crippen LogP contribution in [0, 0.1) is 0 Å². The highest BCUT2D eigenvalue weighted by Gasteiger charge is 2.32. The van der Waals surface area contributed by atoms with Crippen LogP contribution in [-0.4, -0.2) is 50.6 Å². The minimum atomic E-state index is -3.61. The van der Waals surface area contributed by atoms with Crippen molar-refractivity contribution in [2.75, 3.05) is 13.1 Å². The third kappa shape index (κ3) is 3.64. The van der Waals surface area contributed by atoms with Gasteiger partial charge in [-0.25, -0.2) is 18.4 Å². The topological polar surface area (TPSA) is 98.2 Å². The Morgan fingerprint density at radius 3 is 2.63 bits per heavy atom. The standard InChI is InChI=1S/C17H19N5O3S2/c1-2-12-10-18-17(19-11-12)25-13-6-8-22(9-7-13)27(23,24)15-5-3-4-14-16(15)21-26-20-14/h3-5,10-11,13H,2,6-9H2,1H3. The zero-order chi connectivity index (χ0) is 18.9. The molecular weight excluding hydrogens is 386 g/mol. The van der Waals surface area contributed by atoms with Gasteiger partial charge in [0.1, 0.15) is 22.0 Å². The Kier molecular flexibility index (Phi) is 5.02. The van der Waals surface area contributed by atoms with E-state index in [0.717, 1.165) is 23.7 Å². The predicted octanol–water partition coefficient (Wildman–Crippen LogP) is 2.28. The minimum Gasteiger partial charge on any atom is -0.460 e. The molecule has 2 aromatic heterocycles. The zero-order valence-electron chi connectivity index (χ0n) is 14.8. The SMILES string of the molecule is CCc1cnc(OC2CCN(S(=O)(=O)c3cccc4nsnc34)CC2)nc1. The van der Waals surface area contributed by atoms with E-state index in [9.17, 15) is 8.42 Å². The summed E-state index contributed by atoms with van der Waals surface area (Å²) in [4.78, 5) is 8.63. The maximum Gasteiger partial charge on any atom is 0.316 e. The molecule has 3 aromatic rings. The number of hydrogen-bond acceptors (Lipinski definition) is 8. The summed E-state index contributed by atoms with van der Waals surface area (Å²) in [5, 5.41) is 0. The van der Waals surface area contributed by atoms with Crippen molar-refractivity contribution in [2.24, 2.45) is 0 Å². The van der Waals surface area contributed by atoms with Crippen molar-refractivity contribution in [3.63, 3.8) is 0 Å². The van der Waals surface area contributed by atoms with Crippen LogP contribution < -0.4 is 4.74 Å². The van der Waals surface area contributed by atoms with E-state index in [4.69, 9.17) is 4.74 Å². The van der Waals surface area contributed by atoms with E-state index in [1.54, 1.807) is 30.6 Å². The van der Waals surface area contributed by atoms with E-state index in [2.05, 4.69) is 18.7 Å². The van der Waals surface area contributed by atoms with Crippen LogP contribution in [0.1, 0.15) is 25.3 Å². The third-order valence-corrected chi connectivity index (χ3v) is 7.10. The molecule has 1 aliphatic heterocycles. The Morgan fingerprint density at radius 1 is 1.19 bits per heavy atom. The summed E-state index contributed by atoms with van der Waals surface area (Å²) in [6, 6.07) is 5.39. The highest BCUT2D eigenvalue weighted by molar-refractivity contribution is 7.89. The lowest BCUT2D eigenvalue weighted by Crippen LogP contribution is -2.41. The largest absolute Gasteiger partial charge is 0.460 e. The Bertz CT molecular complexity index is 1030. The number of aryl methyl sites for hydroxylation is 1. The van der Waals surface area contributed by atoms with Crippen LogP contribution in [0.5, 0.6) is 6.01 Å². The van der Waals surface area contributed by atoms with Gasteiger partial charge >= 0.3 is 6.01 Å². The van der Waals surface area contributed by atoms with Gasteiger partial charge in [0.15, 0.2) is 0 Å². The second kappa shape index (κ2) is 7.45. The van der Waals surface area contributed by atoms with Gasteiger partial charge in [0.25, 0.3) is 0 Å². The van der Waals surface area contributed by atoms with Crippen LogP contribution in [-0.2, 0) is 16.4 Å². The second-order valence-electron chi connectivity index (χ2n) is 6.34. The minimum absolute atomic E-state index is 0.0966. The smallest absolute Gasteiger partial charge is 0.316 e. The number of benzene rings is 1. The normalized spacial score (nSPS) is 16.6. The molecule has 0 unspecified atom stereocenters. The first-order valence-electron chi connectivity index (χ1n) is 8.77. The van der Waals surface area contributed by atoms with Crippen LogP contribution in [0.15, 0.2) is 35.5 Å². The van der Waals surface area contributed by atoms with Crippen molar-refractivity contribution < 1.29 is 13.2 Å². The highest BCUT2D eigenvalue weighted by Crippen LogP contribution is 2.27. The first-order valence-corrected chi connectivity index (χ1v) is 10.9. The van der Waals surface area contributed by atoms with Gasteiger partial charge in [-0.1, -0.05) is 13.0 Å². The summed E-state index contributed by atoms with van der Waals surface area (Å²) < 4.78 is 41.6. The predicted molar refractivity (Wildman–Crippen MR) is 101 cm³/mol. The third-order valence-electron chi connectivity index (χ3n) is 4.63. The molecule has 10 heteroatoms. The van der Waals surface area contributed by atoms with Gasteiger partial charge in [-0.3, -0.25) is 0 Å². The van der Waals surface area contributed by atoms with E-state index >= 15 is 0 Å². The van der Waals surface area contributed by atoms with E-state index in [1.165, 1.54) is 4.31 Å². The number of rotatable bonds is 5. The van der Waals surface area contributed by atoms with Gasteiger partial charge in [0, 0.05) is 25.5 Å². The summed E-state index contributed by atoms with van der Waals surface area (Å²) in [6.45, 7) is 2.81. The molecule has 1 saturated heterocycles. The average Bonchev–Trinajstić information content (AvgIpc) is 3.18. The van der Waals surface area contributed by atoms with Gasteiger partial charge in [-0.2, -0.15) is 13.1 Å². The molecular formula is C17H19N5O3S2. The molecule has 142 valence electrons. The number of sulfonamides is 1. The molecule has 0 bridgehead atoms. The quantitative estimate of drug-likeness (QED) is 0.642. The maximum atomic E-state index is 13.0. The Balaban J connectivity index is 1.44. The van der Waals surface area contributed by atoms with Gasteiger partial charge < -0.3 is 4.74 Å². The molecule has 1 aromatic carbocycles. The van der Waals surface area contributed by atoms with Crippen LogP contribution in [0.3, 0.4) is 0 Å². The molecule has 0 N–H and O–H groups in total. The molecule has 0 saturated carbocycles. The van der Waals surface area contributed by atoms with E-state index in [0.29, 0.717) is 43.0 Å². The Labute approximate surface area is 161 Å². The number of hydrogen-bond donors (Lipinski definition) is 0. The summed E-state index contributed by atoms with van der Waals surface area (Å²) in [7, 11) is -3.61. The lowest BCUT2D eigenvalue weighted by molar-refractivity contribution is 0.124. The number of fused-ring (bicyclic) bond motifs is 1. The molecule has 0 amide bonds. The number of nitrogens with zero attached hydrogens (tertiary/aromatic N) is 5. The number of piperidine rings is 1. The van der Waals surface area contributed by atoms with Crippen LogP contribution in [0.4, 0.5) is 0 Å². The van der Waals surface area contributed by atoms with Crippen molar-refractivity contribution in [2.45, 2.75) is 37.2 Å². The Morgan fingerprint density at radius 2 is 1.93 bits per heavy atom. The second-order valence-corrected chi connectivity index (χ2v) is 8.77. The van der Waals surface area contributed by atoms with E-state index < -0.39 is 10.0 Å². The summed E-state index contributed by atoms with van der Waals surface area (Å²) >= 11 is 1.02. The lowest BCUT2D eigenvalue weighted by Gasteiger charge is -2.30. The van der Waals surface area contributed by atoms with Crippen molar-refractivity contribution in [3.05, 3.63) is 36.2 Å². The van der Waals surface area contributed by atoms with Crippen LogP contribution >= 0.6 is 11.7 Å². The van der Waals surface area contributed by atoms with Gasteiger partial charge in [-0.15, -0.1) is 0 Å². The fraction of sp³-hybridized carbons (Fsp3) is 0.412. The molecule has 0 spiro atoms. The highest BCUT2D eigenvalue weighted by atomic mass is 32.2. The number of ether oxygens (including phenoxy) is 1. The van der Waals surface area contributed by atoms with Gasteiger partial charge in [0.2, 0.25) is 10.0 Å². The molecule has 3 heterocycles. The van der Waals surface area contributed by atoms with Crippen LogP contribution in [0.2, 0.25) is 0 Å². The monoisotopic (exact) mass is 405 g/mol. The average molecular weight is 406 g/mol. The fourth-order valence-corrected chi connectivity index (χ4v) is 5.28. The fourth-order valence-electron chi connectivity index (χ4n) is 3.05. The van der Waals surface area contributed by atoms with Crippen LogP contribution in [0.25, 0.3) is 11.0 Å². The molecule has 0 aliphatic carbocycles. The molecule has 27 heavy (non-hydrogen) atoms. The van der Waals surface area contributed by atoms with E-state index in [-0.39, 0.29) is 11.0 Å². The number of aromatic nitrogens is 4. The van der Waals surface area contributed by atoms with Gasteiger partial charge in [-0.05, 0) is 37.0 Å². The first-order chi connectivity index (χ1) is 13.1. The Hall–Kier alpha value is -2.17. The molecule has 1 aliphatic rings. The molecule has 8 nitrogen and oxygen atoms in total. The molecule has 0 atom stereocenters. The summed E-state index contributed by atoms with van der Waals surface area (Å²) in [6.07, 6.45) is 5.46. The first kappa shape index (κ1) is 18.2. The summed E-state index contributed by atoms with van der Waals surface area (Å²) in [5.74, 6) is 0. The van der Waals surface area contributed by atoms with Gasteiger partial charge in [0.05, 0.1) is 11.7 Å². The zero-order valence-corrected chi connectivity index (χ0v) is 16.4. The van der Waals surface area contributed by atoms with Crippen molar-refractivity contribution in [3.8, 4) is 6.01 Å². The summed E-state index contributed by atoms with van der Waals surface area (Å²) in [5.41, 5.74) is 2.09. The van der Waals surface area contributed by atoms with E-state index in [1.807, 2.05) is 6.92 Å². The molecule has 1 fully saturated rings. The molecule has 4 rings (SSSR count). The van der Waals surface area contributed by atoms with Crippen molar-refractivity contribution in [1.29, 1.82) is 0 Å². The molecule has 0 radical (unpaired) electrons. The van der Waals surface area contributed by atoms with Crippen molar-refractivity contribution >= 4 is 32.8 Å². The maximum absolute atomic E-state index is 13.0. The van der Waals surface area contributed by atoms with Crippen molar-refractivity contribution in [1.82, 2.24) is 23.0 Å². The lowest BCUT2D eigenvalue weighted by atomic mass is 10.1.